The van der Waals surface area contributed by atoms with Crippen LogP contribution in [-0.4, -0.2) is 22.7 Å². The third-order valence-electron chi connectivity index (χ3n) is 5.43. The molecule has 8 nitrogen and oxygen atoms in total. The molecule has 34 heavy (non-hydrogen) atoms. The van der Waals surface area contributed by atoms with E-state index >= 15 is 0 Å². The second-order valence-corrected chi connectivity index (χ2v) is 9.08. The number of ether oxygens (including phenoxy) is 2. The Hall–Kier alpha value is -3.85. The fourth-order valence-electron chi connectivity index (χ4n) is 3.87. The Morgan fingerprint density at radius 3 is 2.62 bits per heavy atom. The summed E-state index contributed by atoms with van der Waals surface area (Å²) < 4.78 is 16.4. The van der Waals surface area contributed by atoms with Crippen LogP contribution in [0, 0.1) is 13.8 Å². The summed E-state index contributed by atoms with van der Waals surface area (Å²) in [5.74, 6) is 1.84. The van der Waals surface area contributed by atoms with Gasteiger partial charge in [0.25, 0.3) is 5.91 Å². The van der Waals surface area contributed by atoms with Crippen LogP contribution in [0.3, 0.4) is 0 Å². The lowest BCUT2D eigenvalue weighted by molar-refractivity contribution is 0.0997. The molecule has 5 rings (SSSR count). The van der Waals surface area contributed by atoms with Gasteiger partial charge in [0.1, 0.15) is 5.00 Å². The molecule has 2 N–H and O–H groups in total. The van der Waals surface area contributed by atoms with Crippen molar-refractivity contribution in [3.05, 3.63) is 81.9 Å². The lowest BCUT2D eigenvalue weighted by Gasteiger charge is -2.21. The van der Waals surface area contributed by atoms with E-state index in [4.69, 9.17) is 13.9 Å². The second kappa shape index (κ2) is 9.18. The molecule has 0 unspecified atom stereocenters. The normalized spacial score (nSPS) is 13.0. The molecule has 0 spiro atoms. The average molecular weight is 477 g/mol. The van der Waals surface area contributed by atoms with Crippen molar-refractivity contribution in [3.8, 4) is 11.5 Å². The van der Waals surface area contributed by atoms with E-state index in [1.807, 2.05) is 38.1 Å². The molecular weight excluding hydrogens is 452 g/mol. The molecule has 0 fully saturated rings. The first-order chi connectivity index (χ1) is 16.5. The van der Waals surface area contributed by atoms with Crippen LogP contribution in [-0.2, 0) is 6.42 Å². The highest BCUT2D eigenvalue weighted by molar-refractivity contribution is 7.16. The minimum Gasteiger partial charge on any atom is -0.459 e. The standard InChI is InChI=1S/C25H24N4O4S/c1-4-17-12-18(24(34-17)29-23(30)20-6-5-9-31-20)22(28-25-26-14(2)10-15(3)27-25)16-7-8-19-21(11-16)33-13-32-19/h5-12,22H,4,13H2,1-3H3,(H,29,30)(H,26,27,28)/t22-/m0/s1. The first-order valence-electron chi connectivity index (χ1n) is 11.0. The van der Waals surface area contributed by atoms with E-state index in [0.717, 1.165) is 38.8 Å². The molecule has 4 aromatic rings. The van der Waals surface area contributed by atoms with Crippen LogP contribution in [0.15, 0.2) is 53.1 Å². The molecule has 1 aromatic carbocycles. The van der Waals surface area contributed by atoms with Crippen molar-refractivity contribution in [2.75, 3.05) is 17.4 Å². The summed E-state index contributed by atoms with van der Waals surface area (Å²) in [6.07, 6.45) is 2.32. The van der Waals surface area contributed by atoms with Gasteiger partial charge >= 0.3 is 0 Å². The van der Waals surface area contributed by atoms with Crippen LogP contribution in [0.1, 0.15) is 50.9 Å². The van der Waals surface area contributed by atoms with Crippen LogP contribution in [0.2, 0.25) is 0 Å². The Morgan fingerprint density at radius 1 is 1.09 bits per heavy atom. The molecule has 4 heterocycles. The van der Waals surface area contributed by atoms with Crippen molar-refractivity contribution in [1.29, 1.82) is 0 Å². The van der Waals surface area contributed by atoms with Crippen molar-refractivity contribution in [2.24, 2.45) is 0 Å². The van der Waals surface area contributed by atoms with E-state index in [1.54, 1.807) is 23.5 Å². The zero-order chi connectivity index (χ0) is 23.7. The molecule has 0 saturated carbocycles. The van der Waals surface area contributed by atoms with Gasteiger partial charge in [-0.3, -0.25) is 4.79 Å². The van der Waals surface area contributed by atoms with Crippen LogP contribution in [0.4, 0.5) is 10.9 Å². The van der Waals surface area contributed by atoms with Gasteiger partial charge in [0.2, 0.25) is 12.7 Å². The molecule has 0 radical (unpaired) electrons. The fourth-order valence-corrected chi connectivity index (χ4v) is 4.90. The van der Waals surface area contributed by atoms with Crippen LogP contribution in [0.25, 0.3) is 0 Å². The number of aryl methyl sites for hydroxylation is 3. The molecular formula is C25H24N4O4S. The number of rotatable bonds is 7. The quantitative estimate of drug-likeness (QED) is 0.364. The third kappa shape index (κ3) is 4.47. The Kier molecular flexibility index (Phi) is 5.93. The van der Waals surface area contributed by atoms with Crippen LogP contribution in [0.5, 0.6) is 11.5 Å². The van der Waals surface area contributed by atoms with Gasteiger partial charge in [0.05, 0.1) is 12.3 Å². The molecule has 1 atom stereocenters. The molecule has 9 heteroatoms. The number of nitrogens with zero attached hydrogens (tertiary/aromatic N) is 2. The monoisotopic (exact) mass is 476 g/mol. The largest absolute Gasteiger partial charge is 0.459 e. The van der Waals surface area contributed by atoms with Crippen LogP contribution < -0.4 is 20.1 Å². The number of aromatic nitrogens is 2. The maximum atomic E-state index is 12.8. The number of anilines is 2. The number of carbonyl (C=O) groups excluding carboxylic acids is 1. The molecule has 1 aliphatic rings. The number of fused-ring (bicyclic) bond motifs is 1. The zero-order valence-corrected chi connectivity index (χ0v) is 19.9. The van der Waals surface area contributed by atoms with E-state index in [1.165, 1.54) is 6.26 Å². The minimum atomic E-state index is -0.348. The predicted molar refractivity (Wildman–Crippen MR) is 130 cm³/mol. The van der Waals surface area contributed by atoms with E-state index in [9.17, 15) is 4.79 Å². The van der Waals surface area contributed by atoms with Gasteiger partial charge in [-0.05, 0) is 62.2 Å². The highest BCUT2D eigenvalue weighted by Crippen LogP contribution is 2.41. The van der Waals surface area contributed by atoms with E-state index in [0.29, 0.717) is 17.4 Å². The number of nitrogens with one attached hydrogen (secondary N) is 2. The summed E-state index contributed by atoms with van der Waals surface area (Å²) in [5.41, 5.74) is 3.57. The van der Waals surface area contributed by atoms with E-state index in [2.05, 4.69) is 33.6 Å². The summed E-state index contributed by atoms with van der Waals surface area (Å²) in [6, 6.07) is 12.8. The number of amides is 1. The summed E-state index contributed by atoms with van der Waals surface area (Å²) in [5, 5.41) is 7.25. The van der Waals surface area contributed by atoms with Crippen molar-refractivity contribution < 1.29 is 18.7 Å². The number of thiophene rings is 1. The van der Waals surface area contributed by atoms with Gasteiger partial charge in [-0.15, -0.1) is 11.3 Å². The summed E-state index contributed by atoms with van der Waals surface area (Å²) >= 11 is 1.54. The summed E-state index contributed by atoms with van der Waals surface area (Å²) in [7, 11) is 0. The number of furan rings is 1. The molecule has 1 amide bonds. The Bertz CT molecular complexity index is 1310. The van der Waals surface area contributed by atoms with Gasteiger partial charge < -0.3 is 24.5 Å². The molecule has 0 bridgehead atoms. The van der Waals surface area contributed by atoms with Gasteiger partial charge in [0, 0.05) is 21.8 Å². The highest BCUT2D eigenvalue weighted by atomic mass is 32.1. The molecule has 3 aromatic heterocycles. The summed E-state index contributed by atoms with van der Waals surface area (Å²) in [4.78, 5) is 23.1. The third-order valence-corrected chi connectivity index (χ3v) is 6.64. The van der Waals surface area contributed by atoms with E-state index < -0.39 is 0 Å². The number of carbonyl (C=O) groups is 1. The first-order valence-corrected chi connectivity index (χ1v) is 11.8. The lowest BCUT2D eigenvalue weighted by atomic mass is 9.99. The molecule has 1 aliphatic heterocycles. The summed E-state index contributed by atoms with van der Waals surface area (Å²) in [6.45, 7) is 6.15. The predicted octanol–water partition coefficient (Wildman–Crippen LogP) is 5.49. The van der Waals surface area contributed by atoms with E-state index in [-0.39, 0.29) is 24.5 Å². The number of benzene rings is 1. The molecule has 174 valence electrons. The van der Waals surface area contributed by atoms with Gasteiger partial charge in [-0.2, -0.15) is 0 Å². The number of hydrogen-bond acceptors (Lipinski definition) is 8. The fraction of sp³-hybridized carbons (Fsp3) is 0.240. The molecule has 0 saturated heterocycles. The maximum Gasteiger partial charge on any atom is 0.291 e. The average Bonchev–Trinajstić information content (AvgIpc) is 3.57. The van der Waals surface area contributed by atoms with Crippen molar-refractivity contribution in [1.82, 2.24) is 9.97 Å². The Morgan fingerprint density at radius 2 is 1.88 bits per heavy atom. The minimum absolute atomic E-state index is 0.194. The van der Waals surface area contributed by atoms with Crippen LogP contribution >= 0.6 is 11.3 Å². The van der Waals surface area contributed by atoms with Gasteiger partial charge in [0.15, 0.2) is 17.3 Å². The highest BCUT2D eigenvalue weighted by Gasteiger charge is 2.26. The Balaban J connectivity index is 1.58. The van der Waals surface area contributed by atoms with Crippen molar-refractivity contribution in [3.63, 3.8) is 0 Å². The first kappa shape index (κ1) is 22.0. The van der Waals surface area contributed by atoms with Gasteiger partial charge in [-0.1, -0.05) is 13.0 Å². The second-order valence-electron chi connectivity index (χ2n) is 7.95. The Labute approximate surface area is 201 Å². The number of hydrogen-bond donors (Lipinski definition) is 2. The zero-order valence-electron chi connectivity index (χ0n) is 19.0. The molecule has 0 aliphatic carbocycles. The smallest absolute Gasteiger partial charge is 0.291 e. The van der Waals surface area contributed by atoms with Crippen molar-refractivity contribution >= 4 is 28.2 Å². The lowest BCUT2D eigenvalue weighted by Crippen LogP contribution is -2.18. The van der Waals surface area contributed by atoms with Crippen molar-refractivity contribution in [2.45, 2.75) is 33.2 Å². The topological polar surface area (TPSA) is 98.5 Å². The SMILES string of the molecule is CCc1cc([C@@H](Nc2nc(C)cc(C)n2)c2ccc3c(c2)OCO3)c(NC(=O)c2ccco2)s1. The maximum absolute atomic E-state index is 12.8. The van der Waals surface area contributed by atoms with Gasteiger partial charge in [-0.25, -0.2) is 9.97 Å².